The molecule has 0 aromatic heterocycles. The van der Waals surface area contributed by atoms with Crippen molar-refractivity contribution in [2.75, 3.05) is 13.7 Å². The highest BCUT2D eigenvalue weighted by Crippen LogP contribution is 2.29. The number of carbonyl (C=O) groups is 4. The standard InChI is InChI=1S/C15H22O10/c1-7(16)21-6-11-12(22-8(2)17)13(23-9(3)18)14(20-5)15(25-11)24-10(4)19/h11-15H,6H2,1-5H3/t11-,12-,13+,14+,15+/m1/s1. The molecule has 0 bridgehead atoms. The van der Waals surface area contributed by atoms with E-state index in [1.54, 1.807) is 0 Å². The van der Waals surface area contributed by atoms with Crippen molar-refractivity contribution in [1.82, 2.24) is 0 Å². The molecule has 10 heteroatoms. The van der Waals surface area contributed by atoms with Crippen molar-refractivity contribution in [3.63, 3.8) is 0 Å². The van der Waals surface area contributed by atoms with Crippen LogP contribution >= 0.6 is 0 Å². The van der Waals surface area contributed by atoms with Crippen molar-refractivity contribution in [2.24, 2.45) is 0 Å². The maximum absolute atomic E-state index is 11.5. The van der Waals surface area contributed by atoms with Gasteiger partial charge < -0.3 is 28.4 Å². The smallest absolute Gasteiger partial charge is 0.305 e. The first-order valence-electron chi connectivity index (χ1n) is 7.49. The molecule has 0 spiro atoms. The zero-order chi connectivity index (χ0) is 19.1. The van der Waals surface area contributed by atoms with Gasteiger partial charge in [-0.15, -0.1) is 0 Å². The molecule has 0 aromatic carbocycles. The normalized spacial score (nSPS) is 28.6. The molecule has 1 rings (SSSR count). The summed E-state index contributed by atoms with van der Waals surface area (Å²) in [5, 5.41) is 0. The highest BCUT2D eigenvalue weighted by molar-refractivity contribution is 5.68. The Morgan fingerprint density at radius 2 is 1.28 bits per heavy atom. The molecule has 1 heterocycles. The third-order valence-corrected chi connectivity index (χ3v) is 3.20. The lowest BCUT2D eigenvalue weighted by Crippen LogP contribution is -2.62. The summed E-state index contributed by atoms with van der Waals surface area (Å²) in [6.45, 7) is 4.37. The maximum Gasteiger partial charge on any atom is 0.305 e. The Bertz CT molecular complexity index is 516. The molecule has 1 aliphatic heterocycles. The Morgan fingerprint density at radius 3 is 1.72 bits per heavy atom. The molecule has 1 aliphatic rings. The van der Waals surface area contributed by atoms with Crippen molar-refractivity contribution in [3.05, 3.63) is 0 Å². The van der Waals surface area contributed by atoms with E-state index < -0.39 is 54.6 Å². The molecule has 0 aromatic rings. The first-order valence-corrected chi connectivity index (χ1v) is 7.49. The van der Waals surface area contributed by atoms with Gasteiger partial charge >= 0.3 is 23.9 Å². The van der Waals surface area contributed by atoms with Gasteiger partial charge in [-0.1, -0.05) is 0 Å². The Balaban J connectivity index is 3.16. The Kier molecular flexibility index (Phi) is 7.78. The highest BCUT2D eigenvalue weighted by Gasteiger charge is 2.52. The van der Waals surface area contributed by atoms with Gasteiger partial charge in [-0.05, 0) is 0 Å². The Morgan fingerprint density at radius 1 is 0.760 bits per heavy atom. The number of methoxy groups -OCH3 is 1. The molecule has 25 heavy (non-hydrogen) atoms. The molecule has 5 atom stereocenters. The topological polar surface area (TPSA) is 124 Å². The summed E-state index contributed by atoms with van der Waals surface area (Å²) in [5.74, 6) is -2.59. The summed E-state index contributed by atoms with van der Waals surface area (Å²) in [6.07, 6.45) is -5.60. The summed E-state index contributed by atoms with van der Waals surface area (Å²) in [5.41, 5.74) is 0. The first-order chi connectivity index (χ1) is 11.6. The number of carbonyl (C=O) groups excluding carboxylic acids is 4. The lowest BCUT2D eigenvalue weighted by molar-refractivity contribution is -0.301. The molecule has 1 fully saturated rings. The predicted molar refractivity (Wildman–Crippen MR) is 79.0 cm³/mol. The van der Waals surface area contributed by atoms with E-state index >= 15 is 0 Å². The number of ether oxygens (including phenoxy) is 6. The lowest BCUT2D eigenvalue weighted by Gasteiger charge is -2.43. The summed E-state index contributed by atoms with van der Waals surface area (Å²) in [7, 11) is 1.29. The van der Waals surface area contributed by atoms with Crippen LogP contribution in [0.3, 0.4) is 0 Å². The average Bonchev–Trinajstić information content (AvgIpc) is 2.46. The van der Waals surface area contributed by atoms with E-state index in [1.807, 2.05) is 0 Å². The van der Waals surface area contributed by atoms with Crippen molar-refractivity contribution >= 4 is 23.9 Å². The molecule has 142 valence electrons. The highest BCUT2D eigenvalue weighted by atomic mass is 16.7. The molecule has 0 amide bonds. The van der Waals surface area contributed by atoms with Gasteiger partial charge in [0, 0.05) is 34.8 Å². The van der Waals surface area contributed by atoms with Crippen LogP contribution in [0.2, 0.25) is 0 Å². The van der Waals surface area contributed by atoms with E-state index in [-0.39, 0.29) is 6.61 Å². The Hall–Kier alpha value is -2.20. The van der Waals surface area contributed by atoms with Crippen molar-refractivity contribution in [1.29, 1.82) is 0 Å². The molecule has 0 aliphatic carbocycles. The van der Waals surface area contributed by atoms with Crippen LogP contribution in [-0.4, -0.2) is 68.3 Å². The summed E-state index contributed by atoms with van der Waals surface area (Å²) >= 11 is 0. The van der Waals surface area contributed by atoms with Crippen LogP contribution in [-0.2, 0) is 47.6 Å². The second-order valence-electron chi connectivity index (χ2n) is 5.30. The van der Waals surface area contributed by atoms with E-state index in [0.29, 0.717) is 0 Å². The van der Waals surface area contributed by atoms with Gasteiger partial charge in [0.1, 0.15) is 12.7 Å². The fourth-order valence-electron chi connectivity index (χ4n) is 2.38. The minimum Gasteiger partial charge on any atom is -0.463 e. The fraction of sp³-hybridized carbons (Fsp3) is 0.733. The maximum atomic E-state index is 11.5. The third kappa shape index (κ3) is 6.31. The van der Waals surface area contributed by atoms with Crippen molar-refractivity contribution in [3.8, 4) is 0 Å². The zero-order valence-electron chi connectivity index (χ0n) is 14.7. The fourth-order valence-corrected chi connectivity index (χ4v) is 2.38. The van der Waals surface area contributed by atoms with Gasteiger partial charge in [0.2, 0.25) is 6.29 Å². The number of rotatable bonds is 6. The van der Waals surface area contributed by atoms with Gasteiger partial charge in [0.15, 0.2) is 18.3 Å². The zero-order valence-corrected chi connectivity index (χ0v) is 14.7. The molecule has 0 N–H and O–H groups in total. The van der Waals surface area contributed by atoms with Crippen LogP contribution in [0.4, 0.5) is 0 Å². The molecule has 0 saturated carbocycles. The minimum atomic E-state index is -1.25. The monoisotopic (exact) mass is 362 g/mol. The van der Waals surface area contributed by atoms with Gasteiger partial charge in [0.25, 0.3) is 0 Å². The van der Waals surface area contributed by atoms with Crippen molar-refractivity contribution in [2.45, 2.75) is 58.4 Å². The SMILES string of the molecule is CO[C@@H]1[C@@H](OC(C)=O)O[C@H](COC(C)=O)[C@@H](OC(C)=O)[C@@H]1OC(C)=O. The molecule has 1 saturated heterocycles. The van der Waals surface area contributed by atoms with E-state index in [9.17, 15) is 19.2 Å². The molecule has 0 radical (unpaired) electrons. The second kappa shape index (κ2) is 9.33. The number of esters is 4. The lowest BCUT2D eigenvalue weighted by atomic mass is 9.98. The predicted octanol–water partition coefficient (Wildman–Crippen LogP) is -0.284. The van der Waals surface area contributed by atoms with E-state index in [4.69, 9.17) is 28.4 Å². The summed E-state index contributed by atoms with van der Waals surface area (Å²) in [6, 6.07) is 0. The first kappa shape index (κ1) is 20.8. The largest absolute Gasteiger partial charge is 0.463 e. The minimum absolute atomic E-state index is 0.306. The molecular formula is C15H22O10. The van der Waals surface area contributed by atoms with E-state index in [1.165, 1.54) is 14.0 Å². The molecule has 0 unspecified atom stereocenters. The van der Waals surface area contributed by atoms with Crippen LogP contribution in [0.15, 0.2) is 0 Å². The van der Waals surface area contributed by atoms with Gasteiger partial charge in [-0.25, -0.2) is 0 Å². The third-order valence-electron chi connectivity index (χ3n) is 3.20. The summed E-state index contributed by atoms with van der Waals surface area (Å²) in [4.78, 5) is 45.3. The molecule has 10 nitrogen and oxygen atoms in total. The Labute approximate surface area is 144 Å². The van der Waals surface area contributed by atoms with Crippen LogP contribution in [0.1, 0.15) is 27.7 Å². The number of hydrogen-bond donors (Lipinski definition) is 0. The summed E-state index contributed by atoms with van der Waals surface area (Å²) < 4.78 is 31.1. The van der Waals surface area contributed by atoms with Crippen LogP contribution < -0.4 is 0 Å². The second-order valence-corrected chi connectivity index (χ2v) is 5.30. The van der Waals surface area contributed by atoms with Crippen LogP contribution in [0.5, 0.6) is 0 Å². The number of hydrogen-bond acceptors (Lipinski definition) is 10. The quantitative estimate of drug-likeness (QED) is 0.460. The van der Waals surface area contributed by atoms with E-state index in [0.717, 1.165) is 20.8 Å². The van der Waals surface area contributed by atoms with Crippen LogP contribution in [0, 0.1) is 0 Å². The van der Waals surface area contributed by atoms with E-state index in [2.05, 4.69) is 0 Å². The average molecular weight is 362 g/mol. The van der Waals surface area contributed by atoms with Gasteiger partial charge in [-0.3, -0.25) is 19.2 Å². The van der Waals surface area contributed by atoms with Crippen molar-refractivity contribution < 1.29 is 47.6 Å². The van der Waals surface area contributed by atoms with Crippen LogP contribution in [0.25, 0.3) is 0 Å². The van der Waals surface area contributed by atoms with Gasteiger partial charge in [0.05, 0.1) is 0 Å². The van der Waals surface area contributed by atoms with Gasteiger partial charge in [-0.2, -0.15) is 0 Å². The molecular weight excluding hydrogens is 340 g/mol.